The second-order valence-corrected chi connectivity index (χ2v) is 8.88. The first-order valence-corrected chi connectivity index (χ1v) is 11.7. The third-order valence-corrected chi connectivity index (χ3v) is 6.05. The number of carbonyl (C=O) groups excluding carboxylic acids is 3. The van der Waals surface area contributed by atoms with Gasteiger partial charge in [0.1, 0.15) is 16.5 Å². The zero-order chi connectivity index (χ0) is 24.9. The second-order valence-electron chi connectivity index (χ2n) is 8.51. The molecule has 0 saturated heterocycles. The first-order chi connectivity index (χ1) is 16.8. The maximum absolute atomic E-state index is 12.8. The van der Waals surface area contributed by atoms with E-state index in [1.165, 1.54) is 0 Å². The maximum atomic E-state index is 12.8. The summed E-state index contributed by atoms with van der Waals surface area (Å²) in [5.41, 5.74) is 2.98. The Hall–Kier alpha value is -3.90. The van der Waals surface area contributed by atoms with Crippen molar-refractivity contribution in [3.8, 4) is 5.75 Å². The Morgan fingerprint density at radius 2 is 1.66 bits per heavy atom. The third kappa shape index (κ3) is 5.61. The smallest absolute Gasteiger partial charge is 0.343 e. The van der Waals surface area contributed by atoms with Gasteiger partial charge in [-0.2, -0.15) is 0 Å². The summed E-state index contributed by atoms with van der Waals surface area (Å²) in [6, 6.07) is 23.4. The summed E-state index contributed by atoms with van der Waals surface area (Å²) < 4.78 is 5.49. The van der Waals surface area contributed by atoms with Crippen LogP contribution >= 0.6 is 11.6 Å². The molecule has 0 bridgehead atoms. The van der Waals surface area contributed by atoms with Gasteiger partial charge in [0, 0.05) is 12.2 Å². The summed E-state index contributed by atoms with van der Waals surface area (Å²) in [6.07, 6.45) is 0.534. The summed E-state index contributed by atoms with van der Waals surface area (Å²) in [5, 5.41) is 2.76. The molecule has 0 radical (unpaired) electrons. The number of hydrogen-bond donors (Lipinski definition) is 1. The molecule has 3 aromatic rings. The summed E-state index contributed by atoms with van der Waals surface area (Å²) in [4.78, 5) is 39.1. The Kier molecular flexibility index (Phi) is 7.32. The van der Waals surface area contributed by atoms with Crippen LogP contribution in [-0.4, -0.2) is 29.2 Å². The van der Waals surface area contributed by atoms with Crippen LogP contribution < -0.4 is 10.1 Å². The number of hydrogen-bond acceptors (Lipinski definition) is 5. The van der Waals surface area contributed by atoms with E-state index in [1.807, 2.05) is 48.5 Å². The number of nitrogens with zero attached hydrogens (tertiary/aromatic N) is 1. The van der Waals surface area contributed by atoms with Gasteiger partial charge in [0.05, 0.1) is 5.56 Å². The molecule has 1 aliphatic rings. The molecule has 7 heteroatoms. The van der Waals surface area contributed by atoms with Gasteiger partial charge in [-0.1, -0.05) is 67.9 Å². The van der Waals surface area contributed by atoms with Crippen LogP contribution in [0.1, 0.15) is 41.3 Å². The van der Waals surface area contributed by atoms with Crippen molar-refractivity contribution in [2.24, 2.45) is 0 Å². The van der Waals surface area contributed by atoms with Crippen LogP contribution in [0.2, 0.25) is 0 Å². The quantitative estimate of drug-likeness (QED) is 0.257. The van der Waals surface area contributed by atoms with Crippen molar-refractivity contribution in [1.29, 1.82) is 0 Å². The van der Waals surface area contributed by atoms with Crippen molar-refractivity contribution >= 4 is 35.1 Å². The molecule has 178 valence electrons. The van der Waals surface area contributed by atoms with Crippen molar-refractivity contribution in [3.63, 3.8) is 0 Å². The van der Waals surface area contributed by atoms with Crippen molar-refractivity contribution < 1.29 is 19.1 Å². The van der Waals surface area contributed by atoms with Crippen molar-refractivity contribution in [2.45, 2.75) is 26.2 Å². The topological polar surface area (TPSA) is 75.7 Å². The molecular weight excluding hydrogens is 464 g/mol. The lowest BCUT2D eigenvalue weighted by atomic mass is 10.0. The van der Waals surface area contributed by atoms with E-state index in [9.17, 15) is 14.4 Å². The van der Waals surface area contributed by atoms with E-state index in [4.69, 9.17) is 16.3 Å². The number of esters is 1. The van der Waals surface area contributed by atoms with E-state index in [0.29, 0.717) is 29.3 Å². The Labute approximate surface area is 209 Å². The molecule has 0 spiro atoms. The van der Waals surface area contributed by atoms with Crippen molar-refractivity contribution in [1.82, 2.24) is 4.90 Å². The van der Waals surface area contributed by atoms with E-state index in [-0.39, 0.29) is 17.3 Å². The zero-order valence-electron chi connectivity index (χ0n) is 19.5. The molecule has 0 aromatic heterocycles. The minimum atomic E-state index is -0.529. The predicted molar refractivity (Wildman–Crippen MR) is 135 cm³/mol. The van der Waals surface area contributed by atoms with Crippen LogP contribution in [0.25, 0.3) is 0 Å². The van der Waals surface area contributed by atoms with Gasteiger partial charge in [-0.05, 0) is 59.9 Å². The largest absolute Gasteiger partial charge is 0.423 e. The van der Waals surface area contributed by atoms with Crippen LogP contribution in [0.3, 0.4) is 0 Å². The second kappa shape index (κ2) is 10.6. The highest BCUT2D eigenvalue weighted by atomic mass is 35.5. The van der Waals surface area contributed by atoms with Crippen molar-refractivity contribution in [3.05, 3.63) is 106 Å². The highest BCUT2D eigenvalue weighted by molar-refractivity contribution is 6.48. The summed E-state index contributed by atoms with van der Waals surface area (Å²) in [6.45, 7) is 4.37. The number of ether oxygens (including phenoxy) is 1. The lowest BCUT2D eigenvalue weighted by Gasteiger charge is -2.15. The van der Waals surface area contributed by atoms with Crippen LogP contribution in [0.15, 0.2) is 89.6 Å². The summed E-state index contributed by atoms with van der Waals surface area (Å²) in [5.74, 6) is -0.706. The van der Waals surface area contributed by atoms with E-state index in [2.05, 4.69) is 19.2 Å². The Bertz CT molecular complexity index is 1280. The zero-order valence-corrected chi connectivity index (χ0v) is 20.2. The number of halogens is 1. The Balaban J connectivity index is 1.39. The molecule has 0 aliphatic carbocycles. The van der Waals surface area contributed by atoms with Crippen LogP contribution in [0, 0.1) is 0 Å². The minimum absolute atomic E-state index is 0.0190. The summed E-state index contributed by atoms with van der Waals surface area (Å²) >= 11 is 6.19. The highest BCUT2D eigenvalue weighted by Crippen LogP contribution is 2.26. The molecule has 4 rings (SSSR count). The van der Waals surface area contributed by atoms with Gasteiger partial charge in [0.15, 0.2) is 0 Å². The molecule has 1 aliphatic heterocycles. The fourth-order valence-electron chi connectivity index (χ4n) is 3.68. The van der Waals surface area contributed by atoms with Crippen LogP contribution in [0.4, 0.5) is 5.69 Å². The Morgan fingerprint density at radius 1 is 0.943 bits per heavy atom. The lowest BCUT2D eigenvalue weighted by molar-refractivity contribution is -0.137. The summed E-state index contributed by atoms with van der Waals surface area (Å²) in [7, 11) is 0. The van der Waals surface area contributed by atoms with Gasteiger partial charge < -0.3 is 10.1 Å². The fourth-order valence-corrected chi connectivity index (χ4v) is 3.91. The standard InChI is InChI=1S/C28H25ClN2O4/c1-18(2)21-9-6-10-23(17-21)35-28(34)20-11-13-22(14-12-20)30-25-24(29)26(32)31(27(25)33)16-15-19-7-4-3-5-8-19/h3-14,17-18,30H,15-16H2,1-2H3. The van der Waals surface area contributed by atoms with Gasteiger partial charge in [0.2, 0.25) is 0 Å². The van der Waals surface area contributed by atoms with E-state index in [0.717, 1.165) is 16.0 Å². The molecule has 1 heterocycles. The van der Waals surface area contributed by atoms with Crippen LogP contribution in [0.5, 0.6) is 5.75 Å². The molecule has 0 unspecified atom stereocenters. The average Bonchev–Trinajstić information content (AvgIpc) is 3.06. The molecule has 6 nitrogen and oxygen atoms in total. The fraction of sp³-hybridized carbons (Fsp3) is 0.179. The van der Waals surface area contributed by atoms with Gasteiger partial charge in [-0.15, -0.1) is 0 Å². The number of anilines is 1. The van der Waals surface area contributed by atoms with Gasteiger partial charge >= 0.3 is 5.97 Å². The van der Waals surface area contributed by atoms with E-state index < -0.39 is 17.8 Å². The van der Waals surface area contributed by atoms with Crippen molar-refractivity contribution in [2.75, 3.05) is 11.9 Å². The molecule has 0 fully saturated rings. The van der Waals surface area contributed by atoms with Gasteiger partial charge in [0.25, 0.3) is 11.8 Å². The number of amides is 2. The molecular formula is C28H25ClN2O4. The first kappa shape index (κ1) is 24.2. The molecule has 1 N–H and O–H groups in total. The van der Waals surface area contributed by atoms with Gasteiger partial charge in [-0.25, -0.2) is 4.79 Å². The molecule has 0 atom stereocenters. The third-order valence-electron chi connectivity index (χ3n) is 5.70. The minimum Gasteiger partial charge on any atom is -0.423 e. The predicted octanol–water partition coefficient (Wildman–Crippen LogP) is 5.50. The molecule has 2 amide bonds. The normalized spacial score (nSPS) is 13.5. The molecule has 3 aromatic carbocycles. The average molecular weight is 489 g/mol. The highest BCUT2D eigenvalue weighted by Gasteiger charge is 2.37. The monoisotopic (exact) mass is 488 g/mol. The van der Waals surface area contributed by atoms with E-state index in [1.54, 1.807) is 30.3 Å². The molecule has 0 saturated carbocycles. The molecule has 35 heavy (non-hydrogen) atoms. The number of benzene rings is 3. The van der Waals surface area contributed by atoms with Gasteiger partial charge in [-0.3, -0.25) is 14.5 Å². The number of imide groups is 1. The first-order valence-electron chi connectivity index (χ1n) is 11.3. The number of nitrogens with one attached hydrogen (secondary N) is 1. The van der Waals surface area contributed by atoms with E-state index >= 15 is 0 Å². The number of rotatable bonds is 8. The Morgan fingerprint density at radius 3 is 2.34 bits per heavy atom. The lowest BCUT2D eigenvalue weighted by Crippen LogP contribution is -2.34. The SMILES string of the molecule is CC(C)c1cccc(OC(=O)c2ccc(NC3=C(Cl)C(=O)N(CCc4ccccc4)C3=O)cc2)c1. The van der Waals surface area contributed by atoms with Crippen LogP contribution in [-0.2, 0) is 16.0 Å². The number of carbonyl (C=O) groups is 3. The maximum Gasteiger partial charge on any atom is 0.343 e.